The maximum atomic E-state index is 11.9. The van der Waals surface area contributed by atoms with Gasteiger partial charge >= 0.3 is 6.03 Å². The van der Waals surface area contributed by atoms with Gasteiger partial charge in [-0.25, -0.2) is 4.79 Å². The summed E-state index contributed by atoms with van der Waals surface area (Å²) in [4.78, 5) is 16.1. The Bertz CT molecular complexity index is 622. The predicted octanol–water partition coefficient (Wildman–Crippen LogP) is 2.49. The number of fused-ring (bicyclic) bond motifs is 1. The maximum Gasteiger partial charge on any atom is 0.319 e. The van der Waals surface area contributed by atoms with E-state index in [-0.39, 0.29) is 6.03 Å². The molecule has 0 unspecified atom stereocenters. The normalized spacial score (nSPS) is 14.9. The van der Waals surface area contributed by atoms with Crippen molar-refractivity contribution < 1.29 is 4.79 Å². The van der Waals surface area contributed by atoms with E-state index in [1.54, 1.807) is 18.3 Å². The second-order valence-corrected chi connectivity index (χ2v) is 4.83. The molecule has 0 radical (unpaired) electrons. The van der Waals surface area contributed by atoms with Gasteiger partial charge in [0.05, 0.1) is 16.9 Å². The highest BCUT2D eigenvalue weighted by atomic mass is 16.2. The molecular formula is C14H16N4O. The van der Waals surface area contributed by atoms with Gasteiger partial charge in [0.15, 0.2) is 0 Å². The van der Waals surface area contributed by atoms with Crippen LogP contribution in [0.5, 0.6) is 0 Å². The van der Waals surface area contributed by atoms with Crippen LogP contribution in [0.4, 0.5) is 16.2 Å². The lowest BCUT2D eigenvalue weighted by Crippen LogP contribution is -2.41. The van der Waals surface area contributed by atoms with E-state index in [4.69, 9.17) is 5.73 Å². The van der Waals surface area contributed by atoms with Gasteiger partial charge in [-0.15, -0.1) is 0 Å². The third kappa shape index (κ3) is 2.31. The molecule has 0 bridgehead atoms. The molecule has 0 atom stereocenters. The van der Waals surface area contributed by atoms with Crippen LogP contribution >= 0.6 is 0 Å². The number of carbonyl (C=O) groups is 1. The van der Waals surface area contributed by atoms with Crippen molar-refractivity contribution in [3.8, 4) is 0 Å². The molecule has 1 aliphatic rings. The number of benzene rings is 1. The highest BCUT2D eigenvalue weighted by Gasteiger charge is 2.19. The first-order valence-electron chi connectivity index (χ1n) is 6.45. The number of amides is 2. The van der Waals surface area contributed by atoms with Gasteiger partial charge in [-0.3, -0.25) is 4.98 Å². The molecule has 0 aliphatic heterocycles. The van der Waals surface area contributed by atoms with Crippen LogP contribution in [0.15, 0.2) is 30.5 Å². The van der Waals surface area contributed by atoms with Crippen molar-refractivity contribution in [1.29, 1.82) is 0 Å². The Kier molecular flexibility index (Phi) is 2.95. The van der Waals surface area contributed by atoms with Crippen LogP contribution < -0.4 is 16.4 Å². The minimum atomic E-state index is -0.167. The summed E-state index contributed by atoms with van der Waals surface area (Å²) in [7, 11) is 0. The number of rotatable bonds is 2. The number of nitrogens with one attached hydrogen (secondary N) is 2. The van der Waals surface area contributed by atoms with Gasteiger partial charge in [-0.2, -0.15) is 0 Å². The summed E-state index contributed by atoms with van der Waals surface area (Å²) in [5.41, 5.74) is 7.93. The summed E-state index contributed by atoms with van der Waals surface area (Å²) in [5.74, 6) is 0. The second-order valence-electron chi connectivity index (χ2n) is 4.83. The first-order valence-corrected chi connectivity index (χ1v) is 6.45. The molecule has 2 amide bonds. The quantitative estimate of drug-likeness (QED) is 0.722. The van der Waals surface area contributed by atoms with Crippen molar-refractivity contribution in [2.24, 2.45) is 0 Å². The van der Waals surface area contributed by atoms with Gasteiger partial charge in [0, 0.05) is 17.6 Å². The third-order valence-corrected chi connectivity index (χ3v) is 3.49. The number of hydrogen-bond acceptors (Lipinski definition) is 3. The number of urea groups is 1. The largest absolute Gasteiger partial charge is 0.397 e. The number of pyridine rings is 1. The van der Waals surface area contributed by atoms with Gasteiger partial charge in [-0.1, -0.05) is 0 Å². The van der Waals surface area contributed by atoms with Crippen LogP contribution in [0, 0.1) is 0 Å². The Hall–Kier alpha value is -2.30. The van der Waals surface area contributed by atoms with Gasteiger partial charge in [0.25, 0.3) is 0 Å². The Morgan fingerprint density at radius 3 is 2.89 bits per heavy atom. The molecule has 98 valence electrons. The van der Waals surface area contributed by atoms with E-state index in [1.165, 1.54) is 6.42 Å². The smallest absolute Gasteiger partial charge is 0.319 e. The number of nitrogens with zero attached hydrogens (tertiary/aromatic N) is 1. The highest BCUT2D eigenvalue weighted by Crippen LogP contribution is 2.26. The molecule has 5 heteroatoms. The molecular weight excluding hydrogens is 240 g/mol. The second kappa shape index (κ2) is 4.76. The van der Waals surface area contributed by atoms with Crippen LogP contribution in [0.2, 0.25) is 0 Å². The maximum absolute atomic E-state index is 11.9. The van der Waals surface area contributed by atoms with E-state index in [0.29, 0.717) is 17.2 Å². The molecule has 2 aromatic rings. The standard InChI is InChI=1S/C14H16N4O/c15-11-6-7-12(10-5-2-8-16-13(10)11)18-14(19)17-9-3-1-4-9/h2,5-9H,1,3-4,15H2,(H2,17,18,19). The Morgan fingerprint density at radius 2 is 2.16 bits per heavy atom. The van der Waals surface area contributed by atoms with E-state index >= 15 is 0 Å². The average Bonchev–Trinajstić information content (AvgIpc) is 2.38. The van der Waals surface area contributed by atoms with Crippen LogP contribution in [0.3, 0.4) is 0 Å². The van der Waals surface area contributed by atoms with Crippen molar-refractivity contribution in [3.05, 3.63) is 30.5 Å². The highest BCUT2D eigenvalue weighted by molar-refractivity contribution is 6.04. The fourth-order valence-electron chi connectivity index (χ4n) is 2.20. The summed E-state index contributed by atoms with van der Waals surface area (Å²) in [6.45, 7) is 0. The van der Waals surface area contributed by atoms with Crippen LogP contribution in [0.25, 0.3) is 10.9 Å². The van der Waals surface area contributed by atoms with Crippen molar-refractivity contribution in [1.82, 2.24) is 10.3 Å². The van der Waals surface area contributed by atoms with E-state index in [2.05, 4.69) is 15.6 Å². The average molecular weight is 256 g/mol. The molecule has 5 nitrogen and oxygen atoms in total. The SMILES string of the molecule is Nc1ccc(NC(=O)NC2CCC2)c2cccnc12. The molecule has 1 aromatic carbocycles. The Balaban J connectivity index is 1.84. The molecule has 1 aromatic heterocycles. The minimum absolute atomic E-state index is 0.167. The topological polar surface area (TPSA) is 80.0 Å². The molecule has 0 spiro atoms. The van der Waals surface area contributed by atoms with E-state index in [9.17, 15) is 4.79 Å². The fourth-order valence-corrected chi connectivity index (χ4v) is 2.20. The fraction of sp³-hybridized carbons (Fsp3) is 0.286. The van der Waals surface area contributed by atoms with Gasteiger partial charge in [0.1, 0.15) is 0 Å². The van der Waals surface area contributed by atoms with Crippen LogP contribution in [0.1, 0.15) is 19.3 Å². The van der Waals surface area contributed by atoms with Gasteiger partial charge in [0.2, 0.25) is 0 Å². The zero-order valence-electron chi connectivity index (χ0n) is 10.5. The number of anilines is 2. The predicted molar refractivity (Wildman–Crippen MR) is 75.9 cm³/mol. The lowest BCUT2D eigenvalue weighted by Gasteiger charge is -2.26. The number of nitrogen functional groups attached to an aromatic ring is 1. The monoisotopic (exact) mass is 256 g/mol. The van der Waals surface area contributed by atoms with Gasteiger partial charge in [-0.05, 0) is 43.5 Å². The molecule has 0 saturated heterocycles. The minimum Gasteiger partial charge on any atom is -0.397 e. The summed E-state index contributed by atoms with van der Waals surface area (Å²) >= 11 is 0. The molecule has 1 saturated carbocycles. The van der Waals surface area contributed by atoms with E-state index < -0.39 is 0 Å². The Labute approximate surface area is 111 Å². The van der Waals surface area contributed by atoms with Crippen molar-refractivity contribution in [2.75, 3.05) is 11.1 Å². The first kappa shape index (κ1) is 11.8. The lowest BCUT2D eigenvalue weighted by molar-refractivity contribution is 0.240. The molecule has 3 rings (SSSR count). The van der Waals surface area contributed by atoms with Crippen molar-refractivity contribution in [2.45, 2.75) is 25.3 Å². The van der Waals surface area contributed by atoms with E-state index in [0.717, 1.165) is 23.9 Å². The summed E-state index contributed by atoms with van der Waals surface area (Å²) in [6, 6.07) is 7.44. The molecule has 1 heterocycles. The third-order valence-electron chi connectivity index (χ3n) is 3.49. The number of carbonyl (C=O) groups excluding carboxylic acids is 1. The van der Waals surface area contributed by atoms with Gasteiger partial charge < -0.3 is 16.4 Å². The summed E-state index contributed by atoms with van der Waals surface area (Å²) < 4.78 is 0. The molecule has 1 aliphatic carbocycles. The van der Waals surface area contributed by atoms with Crippen molar-refractivity contribution >= 4 is 28.3 Å². The number of nitrogens with two attached hydrogens (primary N) is 1. The molecule has 19 heavy (non-hydrogen) atoms. The summed E-state index contributed by atoms with van der Waals surface area (Å²) in [6.07, 6.45) is 5.02. The Morgan fingerprint density at radius 1 is 1.32 bits per heavy atom. The van der Waals surface area contributed by atoms with Crippen molar-refractivity contribution in [3.63, 3.8) is 0 Å². The molecule has 1 fully saturated rings. The first-order chi connectivity index (χ1) is 9.24. The lowest BCUT2D eigenvalue weighted by atomic mass is 9.93. The van der Waals surface area contributed by atoms with E-state index in [1.807, 2.05) is 12.1 Å². The molecule has 4 N–H and O–H groups in total. The number of aromatic nitrogens is 1. The number of hydrogen-bond donors (Lipinski definition) is 3. The zero-order chi connectivity index (χ0) is 13.2. The zero-order valence-corrected chi connectivity index (χ0v) is 10.5. The summed E-state index contributed by atoms with van der Waals surface area (Å²) in [5, 5.41) is 6.66. The van der Waals surface area contributed by atoms with Crippen LogP contribution in [-0.4, -0.2) is 17.1 Å². The van der Waals surface area contributed by atoms with Crippen LogP contribution in [-0.2, 0) is 0 Å².